The monoisotopic (exact) mass is 426 g/mol. The minimum atomic E-state index is -0.893. The first-order chi connectivity index (χ1) is 14.7. The normalized spacial score (nSPS) is 23.2. The number of hydrogen-bond donors (Lipinski definition) is 1. The Labute approximate surface area is 183 Å². The molecule has 3 rings (SSSR count). The molecule has 1 heterocycles. The minimum Gasteiger partial charge on any atom is -0.468 e. The molecule has 1 aliphatic heterocycles. The molecule has 0 radical (unpaired) electrons. The highest BCUT2D eigenvalue weighted by Gasteiger charge is 2.47. The van der Waals surface area contributed by atoms with E-state index in [-0.39, 0.29) is 18.3 Å². The molecular formula is C24H30N2O5. The SMILES string of the molecule is CCOC(=O)C1=C(C)NC2=C(C(=O)[C@@H](C(=O)OC)[C@H](C)C2)[C@@H]1c1ccc(N(C)C)cc1. The summed E-state index contributed by atoms with van der Waals surface area (Å²) in [6.07, 6.45) is 0.514. The fraction of sp³-hybridized carbons (Fsp3) is 0.458. The number of nitrogens with zero attached hydrogens (tertiary/aromatic N) is 1. The molecule has 166 valence electrons. The standard InChI is InChI=1S/C24H30N2O5/c1-7-31-24(29)19-14(3)25-17-12-13(2)18(23(28)30-6)22(27)21(17)20(19)15-8-10-16(11-9-15)26(4)5/h8-11,13,18,20,25H,7,12H2,1-6H3/t13-,18+,20-/m1/s1. The Bertz CT molecular complexity index is 959. The second-order valence-corrected chi connectivity index (χ2v) is 8.24. The van der Waals surface area contributed by atoms with Gasteiger partial charge < -0.3 is 19.7 Å². The Morgan fingerprint density at radius 1 is 1.19 bits per heavy atom. The number of allylic oxidation sites excluding steroid dienone is 3. The van der Waals surface area contributed by atoms with E-state index >= 15 is 0 Å². The molecule has 1 aromatic rings. The number of carbonyl (C=O) groups excluding carboxylic acids is 3. The van der Waals surface area contributed by atoms with Crippen molar-refractivity contribution in [2.45, 2.75) is 33.1 Å². The van der Waals surface area contributed by atoms with Gasteiger partial charge >= 0.3 is 11.9 Å². The van der Waals surface area contributed by atoms with Crippen molar-refractivity contribution >= 4 is 23.4 Å². The van der Waals surface area contributed by atoms with Gasteiger partial charge in [-0.1, -0.05) is 19.1 Å². The van der Waals surface area contributed by atoms with E-state index in [0.717, 1.165) is 16.9 Å². The Kier molecular flexibility index (Phi) is 6.53. The van der Waals surface area contributed by atoms with E-state index in [1.165, 1.54) is 7.11 Å². The Balaban J connectivity index is 2.17. The third-order valence-electron chi connectivity index (χ3n) is 5.98. The van der Waals surface area contributed by atoms with Crippen LogP contribution < -0.4 is 10.2 Å². The Morgan fingerprint density at radius 3 is 2.39 bits per heavy atom. The Hall–Kier alpha value is -3.09. The molecule has 0 saturated heterocycles. The van der Waals surface area contributed by atoms with E-state index in [0.29, 0.717) is 23.3 Å². The average Bonchev–Trinajstić information content (AvgIpc) is 2.72. The number of ketones is 1. The molecule has 7 nitrogen and oxygen atoms in total. The molecular weight excluding hydrogens is 396 g/mol. The molecule has 0 fully saturated rings. The quantitative estimate of drug-likeness (QED) is 0.572. The largest absolute Gasteiger partial charge is 0.468 e. The smallest absolute Gasteiger partial charge is 0.336 e. The zero-order valence-corrected chi connectivity index (χ0v) is 18.9. The Morgan fingerprint density at radius 2 is 1.84 bits per heavy atom. The summed E-state index contributed by atoms with van der Waals surface area (Å²) in [6.45, 7) is 5.66. The van der Waals surface area contributed by atoms with Crippen molar-refractivity contribution in [1.29, 1.82) is 0 Å². The topological polar surface area (TPSA) is 84.9 Å². The predicted octanol–water partition coefficient (Wildman–Crippen LogP) is 2.93. The number of nitrogens with one attached hydrogen (secondary N) is 1. The van der Waals surface area contributed by atoms with Gasteiger partial charge in [0.1, 0.15) is 5.92 Å². The first-order valence-electron chi connectivity index (χ1n) is 10.5. The maximum atomic E-state index is 13.6. The van der Waals surface area contributed by atoms with Crippen molar-refractivity contribution in [3.8, 4) is 0 Å². The molecule has 31 heavy (non-hydrogen) atoms. The van der Waals surface area contributed by atoms with Crippen molar-refractivity contribution in [3.05, 3.63) is 52.4 Å². The second kappa shape index (κ2) is 8.96. The van der Waals surface area contributed by atoms with Crippen LogP contribution in [0, 0.1) is 11.8 Å². The van der Waals surface area contributed by atoms with Crippen LogP contribution in [0.4, 0.5) is 5.69 Å². The molecule has 0 saturated carbocycles. The highest BCUT2D eigenvalue weighted by atomic mass is 16.5. The number of dihydropyridines is 1. The van der Waals surface area contributed by atoms with Crippen LogP contribution in [0.2, 0.25) is 0 Å². The van der Waals surface area contributed by atoms with Crippen molar-refractivity contribution in [2.24, 2.45) is 11.8 Å². The first kappa shape index (κ1) is 22.6. The van der Waals surface area contributed by atoms with Gasteiger partial charge in [-0.15, -0.1) is 0 Å². The zero-order valence-electron chi connectivity index (χ0n) is 18.9. The van der Waals surface area contributed by atoms with Gasteiger partial charge in [0.15, 0.2) is 5.78 Å². The maximum Gasteiger partial charge on any atom is 0.336 e. The van der Waals surface area contributed by atoms with Gasteiger partial charge in [0.25, 0.3) is 0 Å². The van der Waals surface area contributed by atoms with Crippen LogP contribution in [0.15, 0.2) is 46.8 Å². The second-order valence-electron chi connectivity index (χ2n) is 8.24. The van der Waals surface area contributed by atoms with Crippen molar-refractivity contribution in [2.75, 3.05) is 32.7 Å². The molecule has 3 atom stereocenters. The summed E-state index contributed by atoms with van der Waals surface area (Å²) in [5.41, 5.74) is 4.06. The van der Waals surface area contributed by atoms with Gasteiger partial charge in [0.2, 0.25) is 0 Å². The molecule has 1 N–H and O–H groups in total. The van der Waals surface area contributed by atoms with Gasteiger partial charge in [0, 0.05) is 42.7 Å². The van der Waals surface area contributed by atoms with E-state index in [2.05, 4.69) is 5.32 Å². The lowest BCUT2D eigenvalue weighted by Crippen LogP contribution is -2.43. The fourth-order valence-electron chi connectivity index (χ4n) is 4.46. The van der Waals surface area contributed by atoms with Crippen LogP contribution >= 0.6 is 0 Å². The van der Waals surface area contributed by atoms with Gasteiger partial charge in [-0.05, 0) is 43.9 Å². The molecule has 7 heteroatoms. The molecule has 0 spiro atoms. The summed E-state index contributed by atoms with van der Waals surface area (Å²) in [4.78, 5) is 40.9. The third kappa shape index (κ3) is 4.09. The number of esters is 2. The van der Waals surface area contributed by atoms with Crippen LogP contribution in [0.25, 0.3) is 0 Å². The summed E-state index contributed by atoms with van der Waals surface area (Å²) >= 11 is 0. The number of hydrogen-bond acceptors (Lipinski definition) is 7. The van der Waals surface area contributed by atoms with Crippen LogP contribution in [0.1, 0.15) is 38.7 Å². The fourth-order valence-corrected chi connectivity index (χ4v) is 4.46. The third-order valence-corrected chi connectivity index (χ3v) is 5.98. The average molecular weight is 427 g/mol. The van der Waals surface area contributed by atoms with Crippen LogP contribution in [0.3, 0.4) is 0 Å². The lowest BCUT2D eigenvalue weighted by atomic mass is 9.69. The van der Waals surface area contributed by atoms with Crippen LogP contribution in [0.5, 0.6) is 0 Å². The summed E-state index contributed by atoms with van der Waals surface area (Å²) < 4.78 is 10.2. The molecule has 0 bridgehead atoms. The van der Waals surface area contributed by atoms with Gasteiger partial charge in [0.05, 0.1) is 19.3 Å². The zero-order chi connectivity index (χ0) is 22.9. The number of Topliss-reactive ketones (excluding diaryl/α,β-unsaturated/α-hetero) is 1. The number of ether oxygens (including phenoxy) is 2. The molecule has 0 aromatic heterocycles. The summed E-state index contributed by atoms with van der Waals surface area (Å²) in [5, 5.41) is 3.25. The molecule has 0 amide bonds. The van der Waals surface area contributed by atoms with Crippen molar-refractivity contribution in [1.82, 2.24) is 5.32 Å². The lowest BCUT2D eigenvalue weighted by molar-refractivity contribution is -0.151. The highest BCUT2D eigenvalue weighted by Crippen LogP contribution is 2.45. The number of rotatable bonds is 5. The number of methoxy groups -OCH3 is 1. The van der Waals surface area contributed by atoms with Crippen molar-refractivity contribution in [3.63, 3.8) is 0 Å². The summed E-state index contributed by atoms with van der Waals surface area (Å²) in [5.74, 6) is -3.03. The van der Waals surface area contributed by atoms with Gasteiger partial charge in [-0.2, -0.15) is 0 Å². The number of anilines is 1. The molecule has 1 aromatic carbocycles. The molecule has 0 unspecified atom stereocenters. The summed E-state index contributed by atoms with van der Waals surface area (Å²) in [6, 6.07) is 7.73. The number of benzene rings is 1. The first-order valence-corrected chi connectivity index (χ1v) is 10.5. The number of carbonyl (C=O) groups is 3. The van der Waals surface area contributed by atoms with Crippen LogP contribution in [-0.2, 0) is 23.9 Å². The van der Waals surface area contributed by atoms with Crippen LogP contribution in [-0.4, -0.2) is 45.5 Å². The van der Waals surface area contributed by atoms with E-state index in [1.54, 1.807) is 6.92 Å². The van der Waals surface area contributed by atoms with E-state index in [9.17, 15) is 14.4 Å². The van der Waals surface area contributed by atoms with E-state index < -0.39 is 23.8 Å². The predicted molar refractivity (Wildman–Crippen MR) is 117 cm³/mol. The van der Waals surface area contributed by atoms with E-state index in [1.807, 2.05) is 57.1 Å². The maximum absolute atomic E-state index is 13.6. The van der Waals surface area contributed by atoms with Gasteiger partial charge in [-0.25, -0.2) is 4.79 Å². The van der Waals surface area contributed by atoms with Crippen molar-refractivity contribution < 1.29 is 23.9 Å². The van der Waals surface area contributed by atoms with E-state index in [4.69, 9.17) is 9.47 Å². The molecule has 2 aliphatic rings. The van der Waals surface area contributed by atoms with Gasteiger partial charge in [-0.3, -0.25) is 9.59 Å². The lowest BCUT2D eigenvalue weighted by Gasteiger charge is -2.38. The summed E-state index contributed by atoms with van der Waals surface area (Å²) in [7, 11) is 5.18. The molecule has 1 aliphatic carbocycles. The highest BCUT2D eigenvalue weighted by molar-refractivity contribution is 6.12. The minimum absolute atomic E-state index is 0.208.